The molecule has 0 bridgehead atoms. The minimum atomic E-state index is -0.0500. The van der Waals surface area contributed by atoms with E-state index >= 15 is 0 Å². The maximum absolute atomic E-state index is 5.88. The van der Waals surface area contributed by atoms with Crippen molar-refractivity contribution in [1.82, 2.24) is 5.32 Å². The third kappa shape index (κ3) is 5.28. The molecule has 1 fully saturated rings. The van der Waals surface area contributed by atoms with Crippen LogP contribution in [0.5, 0.6) is 0 Å². The highest BCUT2D eigenvalue weighted by Crippen LogP contribution is 2.19. The Hall–Kier alpha value is -0.120. The van der Waals surface area contributed by atoms with Crippen LogP contribution in [-0.4, -0.2) is 38.0 Å². The van der Waals surface area contributed by atoms with Gasteiger partial charge in [0.05, 0.1) is 18.8 Å². The molecule has 0 aromatic carbocycles. The van der Waals surface area contributed by atoms with Gasteiger partial charge in [-0.05, 0) is 40.2 Å². The highest BCUT2D eigenvalue weighted by Gasteiger charge is 2.26. The van der Waals surface area contributed by atoms with Crippen LogP contribution in [0.3, 0.4) is 0 Å². The number of hydrogen-bond acceptors (Lipinski definition) is 3. The topological polar surface area (TPSA) is 30.5 Å². The molecule has 16 heavy (non-hydrogen) atoms. The van der Waals surface area contributed by atoms with E-state index in [1.807, 2.05) is 0 Å². The van der Waals surface area contributed by atoms with Crippen LogP contribution in [0, 0.1) is 5.92 Å². The zero-order valence-electron chi connectivity index (χ0n) is 11.2. The Bertz CT molecular complexity index is 183. The van der Waals surface area contributed by atoms with Crippen LogP contribution in [0.2, 0.25) is 0 Å². The van der Waals surface area contributed by atoms with Crippen molar-refractivity contribution in [3.8, 4) is 0 Å². The molecule has 1 aliphatic heterocycles. The van der Waals surface area contributed by atoms with Crippen molar-refractivity contribution in [2.45, 2.75) is 52.2 Å². The highest BCUT2D eigenvalue weighted by atomic mass is 16.5. The molecule has 1 saturated heterocycles. The van der Waals surface area contributed by atoms with Gasteiger partial charge in [0.15, 0.2) is 0 Å². The lowest BCUT2D eigenvalue weighted by atomic mass is 9.99. The molecule has 0 amide bonds. The first-order chi connectivity index (χ1) is 7.53. The summed E-state index contributed by atoms with van der Waals surface area (Å²) in [6.07, 6.45) is 2.33. The lowest BCUT2D eigenvalue weighted by molar-refractivity contribution is -0.0227. The summed E-state index contributed by atoms with van der Waals surface area (Å²) < 4.78 is 11.3. The van der Waals surface area contributed by atoms with Crippen LogP contribution < -0.4 is 5.32 Å². The summed E-state index contributed by atoms with van der Waals surface area (Å²) in [6.45, 7) is 12.2. The molecule has 1 rings (SSSR count). The van der Waals surface area contributed by atoms with Gasteiger partial charge in [-0.1, -0.05) is 6.92 Å². The van der Waals surface area contributed by atoms with Gasteiger partial charge in [0.2, 0.25) is 0 Å². The predicted molar refractivity (Wildman–Crippen MR) is 66.7 cm³/mol. The van der Waals surface area contributed by atoms with E-state index in [2.05, 4.69) is 33.0 Å². The van der Waals surface area contributed by atoms with Gasteiger partial charge >= 0.3 is 0 Å². The molecule has 2 unspecified atom stereocenters. The van der Waals surface area contributed by atoms with Gasteiger partial charge in [0, 0.05) is 18.6 Å². The van der Waals surface area contributed by atoms with E-state index in [0.29, 0.717) is 12.0 Å². The van der Waals surface area contributed by atoms with Crippen LogP contribution >= 0.6 is 0 Å². The maximum atomic E-state index is 5.88. The molecular formula is C13H27NO2. The molecule has 3 heteroatoms. The van der Waals surface area contributed by atoms with E-state index < -0.39 is 0 Å². The molecular weight excluding hydrogens is 202 g/mol. The average molecular weight is 229 g/mol. The SMILES string of the molecule is CCCNC(COC(C)(C)C)C1CCOC1. The van der Waals surface area contributed by atoms with Crippen molar-refractivity contribution >= 4 is 0 Å². The molecule has 0 radical (unpaired) electrons. The zero-order valence-corrected chi connectivity index (χ0v) is 11.2. The van der Waals surface area contributed by atoms with Gasteiger partial charge in [0.1, 0.15) is 0 Å². The molecule has 0 aliphatic carbocycles. The molecule has 2 atom stereocenters. The lowest BCUT2D eigenvalue weighted by Crippen LogP contribution is -2.42. The van der Waals surface area contributed by atoms with Gasteiger partial charge in [-0.3, -0.25) is 0 Å². The van der Waals surface area contributed by atoms with Crippen molar-refractivity contribution in [1.29, 1.82) is 0 Å². The van der Waals surface area contributed by atoms with E-state index in [4.69, 9.17) is 9.47 Å². The summed E-state index contributed by atoms with van der Waals surface area (Å²) in [6, 6.07) is 0.446. The number of rotatable bonds is 6. The summed E-state index contributed by atoms with van der Waals surface area (Å²) in [5, 5.41) is 3.58. The summed E-state index contributed by atoms with van der Waals surface area (Å²) in [4.78, 5) is 0. The van der Waals surface area contributed by atoms with E-state index in [9.17, 15) is 0 Å². The Morgan fingerprint density at radius 2 is 2.19 bits per heavy atom. The standard InChI is InChI=1S/C13H27NO2/c1-5-7-14-12(10-16-13(2,3)4)11-6-8-15-9-11/h11-12,14H,5-10H2,1-4H3. The summed E-state index contributed by atoms with van der Waals surface area (Å²) in [7, 11) is 0. The third-order valence-electron chi connectivity index (χ3n) is 2.89. The highest BCUT2D eigenvalue weighted by molar-refractivity contribution is 4.80. The number of ether oxygens (including phenoxy) is 2. The van der Waals surface area contributed by atoms with Gasteiger partial charge < -0.3 is 14.8 Å². The normalized spacial score (nSPS) is 23.6. The second-order valence-electron chi connectivity index (χ2n) is 5.61. The van der Waals surface area contributed by atoms with Crippen molar-refractivity contribution in [3.05, 3.63) is 0 Å². The lowest BCUT2D eigenvalue weighted by Gasteiger charge is -2.28. The predicted octanol–water partition coefficient (Wildman–Crippen LogP) is 2.21. The fraction of sp³-hybridized carbons (Fsp3) is 1.00. The summed E-state index contributed by atoms with van der Waals surface area (Å²) in [5.74, 6) is 0.619. The van der Waals surface area contributed by atoms with E-state index in [-0.39, 0.29) is 5.60 Å². The maximum Gasteiger partial charge on any atom is 0.0630 e. The quantitative estimate of drug-likeness (QED) is 0.757. The Balaban J connectivity index is 2.36. The molecule has 3 nitrogen and oxygen atoms in total. The first kappa shape index (κ1) is 13.9. The van der Waals surface area contributed by atoms with Crippen molar-refractivity contribution < 1.29 is 9.47 Å². The largest absolute Gasteiger partial charge is 0.381 e. The van der Waals surface area contributed by atoms with Gasteiger partial charge in [0.25, 0.3) is 0 Å². The smallest absolute Gasteiger partial charge is 0.0630 e. The Morgan fingerprint density at radius 1 is 1.44 bits per heavy atom. The van der Waals surface area contributed by atoms with Crippen LogP contribution in [0.15, 0.2) is 0 Å². The van der Waals surface area contributed by atoms with E-state index in [1.165, 1.54) is 6.42 Å². The second-order valence-corrected chi connectivity index (χ2v) is 5.61. The zero-order chi connectivity index (χ0) is 12.0. The van der Waals surface area contributed by atoms with E-state index in [0.717, 1.165) is 32.8 Å². The summed E-state index contributed by atoms with van der Waals surface area (Å²) >= 11 is 0. The number of nitrogens with one attached hydrogen (secondary N) is 1. The van der Waals surface area contributed by atoms with Crippen molar-refractivity contribution in [2.24, 2.45) is 5.92 Å². The minimum Gasteiger partial charge on any atom is -0.381 e. The Labute approximate surface area is 99.9 Å². The molecule has 0 aromatic heterocycles. The fourth-order valence-corrected chi connectivity index (χ4v) is 1.90. The van der Waals surface area contributed by atoms with Gasteiger partial charge in [-0.25, -0.2) is 0 Å². The minimum absolute atomic E-state index is 0.0500. The van der Waals surface area contributed by atoms with Crippen molar-refractivity contribution in [3.63, 3.8) is 0 Å². The Kier molecular flexibility index (Phi) is 5.73. The molecule has 1 heterocycles. The Morgan fingerprint density at radius 3 is 2.69 bits per heavy atom. The monoisotopic (exact) mass is 229 g/mol. The van der Waals surface area contributed by atoms with Crippen LogP contribution in [0.25, 0.3) is 0 Å². The third-order valence-corrected chi connectivity index (χ3v) is 2.89. The molecule has 1 N–H and O–H groups in total. The molecule has 0 aromatic rings. The van der Waals surface area contributed by atoms with Gasteiger partial charge in [-0.15, -0.1) is 0 Å². The van der Waals surface area contributed by atoms with Crippen LogP contribution in [-0.2, 0) is 9.47 Å². The van der Waals surface area contributed by atoms with Crippen LogP contribution in [0.4, 0.5) is 0 Å². The second kappa shape index (κ2) is 6.58. The molecule has 0 saturated carbocycles. The number of hydrogen-bond donors (Lipinski definition) is 1. The molecule has 1 aliphatic rings. The first-order valence-corrected chi connectivity index (χ1v) is 6.48. The first-order valence-electron chi connectivity index (χ1n) is 6.48. The van der Waals surface area contributed by atoms with Crippen LogP contribution in [0.1, 0.15) is 40.5 Å². The van der Waals surface area contributed by atoms with Gasteiger partial charge in [-0.2, -0.15) is 0 Å². The van der Waals surface area contributed by atoms with E-state index in [1.54, 1.807) is 0 Å². The summed E-state index contributed by atoms with van der Waals surface area (Å²) in [5.41, 5.74) is -0.0500. The fourth-order valence-electron chi connectivity index (χ4n) is 1.90. The molecule has 0 spiro atoms. The molecule has 96 valence electrons. The average Bonchev–Trinajstić information content (AvgIpc) is 2.69. The van der Waals surface area contributed by atoms with Crippen molar-refractivity contribution in [2.75, 3.05) is 26.4 Å².